The monoisotopic (exact) mass is 1590 g/mol. The van der Waals surface area contributed by atoms with Crippen LogP contribution in [0, 0.1) is 111 Å². The SMILES string of the molecule is CC1CCC(C(C)(C)C)CC1.CC1CCC(C(C)C)CC1.CC1CCC(C2CCCCC2)CC1.CCC(C)(C)C1CCC(C)CC1.CCCCC(CC)CC.CCCCc1ccc(C)cc1.Cc1ccc(C(C)(C)C)cc1.Cc1ccc(C2=CCCCC2)cc1.Cc1ccc(C2CCCCC2)cc1.Cc1ccc(OC(F)(F)F)cc1. The lowest BCUT2D eigenvalue weighted by Gasteiger charge is -2.38. The van der Waals surface area contributed by atoms with E-state index in [0.29, 0.717) is 10.8 Å². The minimum absolute atomic E-state index is 0.187. The van der Waals surface area contributed by atoms with E-state index in [0.717, 1.165) is 76.6 Å². The molecule has 115 heavy (non-hydrogen) atoms. The summed E-state index contributed by atoms with van der Waals surface area (Å²) in [7, 11) is 0. The van der Waals surface area contributed by atoms with E-state index in [1.165, 1.54) is 276 Å². The van der Waals surface area contributed by atoms with E-state index in [1.807, 2.05) is 0 Å². The molecule has 6 saturated carbocycles. The average Bonchev–Trinajstić information content (AvgIpc) is 0.877. The topological polar surface area (TPSA) is 9.23 Å². The summed E-state index contributed by atoms with van der Waals surface area (Å²) in [5.41, 5.74) is 15.1. The van der Waals surface area contributed by atoms with Crippen LogP contribution in [0.3, 0.4) is 0 Å². The number of halogens is 3. The second-order valence-corrected chi connectivity index (χ2v) is 40.8. The molecule has 7 aliphatic carbocycles. The first kappa shape index (κ1) is 105. The zero-order valence-electron chi connectivity index (χ0n) is 79.7. The fourth-order valence-corrected chi connectivity index (χ4v) is 18.0. The lowest BCUT2D eigenvalue weighted by molar-refractivity contribution is -0.274. The van der Waals surface area contributed by atoms with Crippen molar-refractivity contribution < 1.29 is 17.9 Å². The van der Waals surface area contributed by atoms with Gasteiger partial charge < -0.3 is 4.74 Å². The van der Waals surface area contributed by atoms with Gasteiger partial charge in [-0.05, 0) is 265 Å². The molecule has 0 aromatic heterocycles. The molecule has 1 nitrogen and oxygen atoms in total. The van der Waals surface area contributed by atoms with Crippen LogP contribution in [0.4, 0.5) is 13.2 Å². The molecule has 0 saturated heterocycles. The van der Waals surface area contributed by atoms with Crippen molar-refractivity contribution in [2.45, 2.75) is 434 Å². The predicted molar refractivity (Wildman–Crippen MR) is 505 cm³/mol. The quantitative estimate of drug-likeness (QED) is 0.102. The molecule has 0 amide bonds. The predicted octanol–water partition coefficient (Wildman–Crippen LogP) is 37.1. The molecule has 0 heterocycles. The summed E-state index contributed by atoms with van der Waals surface area (Å²) in [5, 5.41) is 0. The Hall–Kier alpha value is -4.57. The minimum Gasteiger partial charge on any atom is -0.406 e. The van der Waals surface area contributed by atoms with Crippen molar-refractivity contribution in [1.29, 1.82) is 0 Å². The number of aryl methyl sites for hydroxylation is 6. The summed E-state index contributed by atoms with van der Waals surface area (Å²) in [6.07, 6.45) is 53.8. The van der Waals surface area contributed by atoms with Gasteiger partial charge in [0.1, 0.15) is 5.75 Å². The van der Waals surface area contributed by atoms with E-state index in [1.54, 1.807) is 55.9 Å². The van der Waals surface area contributed by atoms with Gasteiger partial charge in [0, 0.05) is 0 Å². The van der Waals surface area contributed by atoms with E-state index >= 15 is 0 Å². The maximum atomic E-state index is 11.6. The number of unbranched alkanes of at least 4 members (excludes halogenated alkanes) is 2. The highest BCUT2D eigenvalue weighted by Gasteiger charge is 2.33. The van der Waals surface area contributed by atoms with Gasteiger partial charge >= 0.3 is 6.36 Å². The molecule has 0 radical (unpaired) electrons. The van der Waals surface area contributed by atoms with Gasteiger partial charge in [-0.1, -0.05) is 422 Å². The Labute approximate surface area is 712 Å². The fraction of sp³-hybridized carbons (Fsp3) is 0.712. The van der Waals surface area contributed by atoms with Crippen molar-refractivity contribution >= 4 is 5.57 Å². The molecule has 0 aliphatic heterocycles. The Balaban J connectivity index is 0.000000331. The van der Waals surface area contributed by atoms with Crippen molar-refractivity contribution in [2.24, 2.45) is 75.9 Å². The van der Waals surface area contributed by atoms with Gasteiger partial charge in [-0.2, -0.15) is 0 Å². The highest BCUT2D eigenvalue weighted by Crippen LogP contribution is 2.44. The first-order valence-electron chi connectivity index (χ1n) is 48.3. The summed E-state index contributed by atoms with van der Waals surface area (Å²) < 4.78 is 38.5. The van der Waals surface area contributed by atoms with Crippen LogP contribution in [0.5, 0.6) is 5.75 Å². The van der Waals surface area contributed by atoms with Crippen molar-refractivity contribution in [2.75, 3.05) is 0 Å². The van der Waals surface area contributed by atoms with Gasteiger partial charge in [0.05, 0.1) is 0 Å². The van der Waals surface area contributed by atoms with Gasteiger partial charge in [-0.15, -0.1) is 13.2 Å². The molecule has 0 unspecified atom stereocenters. The Kier molecular flexibility index (Phi) is 52.4. The van der Waals surface area contributed by atoms with Crippen LogP contribution in [-0.2, 0) is 11.8 Å². The third-order valence-corrected chi connectivity index (χ3v) is 27.8. The van der Waals surface area contributed by atoms with Crippen molar-refractivity contribution in [3.8, 4) is 5.75 Å². The number of hydrogen-bond acceptors (Lipinski definition) is 1. The minimum atomic E-state index is -4.60. The summed E-state index contributed by atoms with van der Waals surface area (Å²) in [6, 6.07) is 41.2. The van der Waals surface area contributed by atoms with Crippen LogP contribution < -0.4 is 4.74 Å². The van der Waals surface area contributed by atoms with Gasteiger partial charge in [0.15, 0.2) is 0 Å². The number of alkyl halides is 3. The third-order valence-electron chi connectivity index (χ3n) is 27.8. The maximum Gasteiger partial charge on any atom is 0.573 e. The first-order valence-corrected chi connectivity index (χ1v) is 48.3. The zero-order chi connectivity index (χ0) is 85.4. The highest BCUT2D eigenvalue weighted by atomic mass is 19.4. The van der Waals surface area contributed by atoms with E-state index < -0.39 is 6.36 Å². The highest BCUT2D eigenvalue weighted by molar-refractivity contribution is 5.66. The average molecular weight is 1590 g/mol. The molecule has 0 bridgehead atoms. The normalized spacial score (nSPS) is 22.0. The van der Waals surface area contributed by atoms with Gasteiger partial charge in [-0.3, -0.25) is 0 Å². The van der Waals surface area contributed by atoms with Crippen LogP contribution in [0.1, 0.15) is 432 Å². The molecule has 6 fully saturated rings. The Morgan fingerprint density at radius 3 is 1.21 bits per heavy atom. The standard InChI is InChI=1S/C13H24.C13H18.C13H16.C12H24.C11H22.2C11H16.C10H20.C9H20.C8H7F3O/c3*1-11-7-9-13(10-8-11)12-5-3-2-4-6-12;1-5-12(3,4)11-8-6-10(2)7-9-11;2*1-9-5-7-10(8-6-9)11(2,3)4;1-3-4-5-11-8-6-10(2)7-9-11;1-8(2)10-6-4-9(3)5-7-10;1-4-7-8-9(5-2)6-3;1-6-2-4-7(5-3-6)12-8(9,10)11/h11-13H,2-10H2,1H3;7-10,12H,2-6H2,1H3;5,7-10H,2-4,6H2,1H3;10-11H,5-9H2,1-4H3;9-10H,5-8H2,1-4H3;5-8H,1-4H3;6-9H,3-5H2,1-2H3;8-10H,4-7H2,1-3H3;9H,4-8H2,1-3H3;2-5H,1H3. The number of ether oxygens (including phenoxy) is 1. The fourth-order valence-electron chi connectivity index (χ4n) is 18.0. The smallest absolute Gasteiger partial charge is 0.406 e. The third kappa shape index (κ3) is 47.3. The summed E-state index contributed by atoms with van der Waals surface area (Å²) in [4.78, 5) is 0. The summed E-state index contributed by atoms with van der Waals surface area (Å²) >= 11 is 0. The molecule has 0 N–H and O–H groups in total. The van der Waals surface area contributed by atoms with E-state index in [9.17, 15) is 13.2 Å². The Morgan fingerprint density at radius 2 is 0.809 bits per heavy atom. The zero-order valence-corrected chi connectivity index (χ0v) is 79.7. The largest absolute Gasteiger partial charge is 0.573 e. The van der Waals surface area contributed by atoms with Crippen molar-refractivity contribution in [3.63, 3.8) is 0 Å². The summed E-state index contributed by atoms with van der Waals surface area (Å²) in [6.45, 7) is 54.8. The Morgan fingerprint density at radius 1 is 0.409 bits per heavy atom. The molecular formula is C111H183F3O. The van der Waals surface area contributed by atoms with Gasteiger partial charge in [-0.25, -0.2) is 0 Å². The molecule has 4 heteroatoms. The van der Waals surface area contributed by atoms with Crippen LogP contribution in [0.2, 0.25) is 0 Å². The Bertz CT molecular complexity index is 3140. The lowest BCUT2D eigenvalue weighted by atomic mass is 9.68. The molecule has 654 valence electrons. The second-order valence-electron chi connectivity index (χ2n) is 40.8. The number of allylic oxidation sites excluding steroid dienone is 2. The van der Waals surface area contributed by atoms with Crippen LogP contribution in [0.25, 0.3) is 5.57 Å². The first-order chi connectivity index (χ1) is 54.5. The van der Waals surface area contributed by atoms with E-state index in [-0.39, 0.29) is 11.2 Å². The maximum absolute atomic E-state index is 11.6. The van der Waals surface area contributed by atoms with Crippen molar-refractivity contribution in [1.82, 2.24) is 0 Å². The lowest BCUT2D eigenvalue weighted by Crippen LogP contribution is -2.27. The van der Waals surface area contributed by atoms with Crippen LogP contribution in [-0.4, -0.2) is 6.36 Å². The number of rotatable bonds is 15. The number of benzene rings is 5. The van der Waals surface area contributed by atoms with Gasteiger partial charge in [0.25, 0.3) is 0 Å². The molecule has 5 aromatic rings. The number of hydrogen-bond donors (Lipinski definition) is 0. The van der Waals surface area contributed by atoms with Crippen LogP contribution in [0.15, 0.2) is 127 Å². The van der Waals surface area contributed by atoms with E-state index in [4.69, 9.17) is 0 Å². The van der Waals surface area contributed by atoms with Crippen molar-refractivity contribution in [3.05, 3.63) is 177 Å². The second kappa shape index (κ2) is 57.6. The van der Waals surface area contributed by atoms with Gasteiger partial charge in [0.2, 0.25) is 0 Å². The molecule has 0 spiro atoms. The molecule has 0 atom stereocenters. The molecule has 7 aliphatic rings. The molecular weight excluding hydrogens is 1410 g/mol. The molecule has 12 rings (SSSR count). The van der Waals surface area contributed by atoms with E-state index in [2.05, 4.69) is 267 Å². The molecule has 5 aromatic carbocycles. The van der Waals surface area contributed by atoms with Crippen LogP contribution >= 0.6 is 0 Å². The summed E-state index contributed by atoms with van der Waals surface area (Å²) in [5.74, 6) is 11.9.